The second-order valence-corrected chi connectivity index (χ2v) is 31.9. The van der Waals surface area contributed by atoms with Crippen molar-refractivity contribution < 1.29 is 0 Å². The van der Waals surface area contributed by atoms with Gasteiger partial charge in [-0.05, 0) is 103 Å². The van der Waals surface area contributed by atoms with Gasteiger partial charge in [-0.15, -0.1) is 0 Å². The van der Waals surface area contributed by atoms with Gasteiger partial charge in [-0.2, -0.15) is 0 Å². The molecule has 0 saturated carbocycles. The Balaban J connectivity index is 1.13. The molecule has 0 atom stereocenters. The Morgan fingerprint density at radius 1 is 0.231 bits per heavy atom. The maximum atomic E-state index is 5.28. The highest BCUT2D eigenvalue weighted by Gasteiger charge is 2.48. The molecule has 0 bridgehead atoms. The second-order valence-electron chi connectivity index (χ2n) is 28.5. The molecule has 0 amide bonds. The molecule has 0 radical (unpaired) electrons. The van der Waals surface area contributed by atoms with Gasteiger partial charge in [0.15, 0.2) is 34.9 Å². The highest BCUT2D eigenvalue weighted by atomic mass is 28.3. The van der Waals surface area contributed by atoms with E-state index in [0.717, 1.165) is 55.4 Å². The largest absolute Gasteiger partial charge is 0.342 e. The lowest BCUT2D eigenvalue weighted by molar-refractivity contribution is 0.590. The van der Waals surface area contributed by atoms with Gasteiger partial charge in [-0.25, -0.2) is 29.9 Å². The zero-order valence-corrected chi connectivity index (χ0v) is 55.2. The second kappa shape index (κ2) is 22.2. The van der Waals surface area contributed by atoms with Gasteiger partial charge in [0, 0.05) is 77.0 Å². The summed E-state index contributed by atoms with van der Waals surface area (Å²) in [5.41, 5.74) is 14.8. The molecule has 14 aromatic rings. The highest BCUT2D eigenvalue weighted by molar-refractivity contribution is 7.01. The topological polar surface area (TPSA) is 87.2 Å². The molecule has 10 aromatic carbocycles. The number of nitrogens with zero attached hydrogens (tertiary/aromatic N) is 8. The average molecular weight is 1200 g/mol. The Hall–Kier alpha value is -9.96. The molecule has 448 valence electrons. The number of benzene rings is 10. The van der Waals surface area contributed by atoms with Gasteiger partial charge in [-0.3, -0.25) is 0 Å². The summed E-state index contributed by atoms with van der Waals surface area (Å²) >= 11 is 0. The number of hydrogen-bond donors (Lipinski definition) is 0. The third-order valence-electron chi connectivity index (χ3n) is 18.1. The molecule has 0 N–H and O–H groups in total. The van der Waals surface area contributed by atoms with E-state index in [1.165, 1.54) is 54.2 Å². The Morgan fingerprint density at radius 3 is 0.626 bits per heavy atom. The van der Waals surface area contributed by atoms with Crippen LogP contribution in [0.4, 0.5) is 0 Å². The molecule has 0 fully saturated rings. The van der Waals surface area contributed by atoms with Crippen LogP contribution in [0.25, 0.3) is 112 Å². The van der Waals surface area contributed by atoms with E-state index in [0.29, 0.717) is 34.9 Å². The summed E-state index contributed by atoms with van der Waals surface area (Å²) in [5, 5.41) is 7.23. The first-order valence-electron chi connectivity index (χ1n) is 31.8. The summed E-state index contributed by atoms with van der Waals surface area (Å²) in [4.78, 5) is 31.3. The van der Waals surface area contributed by atoms with Crippen LogP contribution in [0.2, 0.25) is 0 Å². The van der Waals surface area contributed by atoms with Crippen molar-refractivity contribution in [1.82, 2.24) is 38.4 Å². The third-order valence-corrected chi connectivity index (χ3v) is 22.7. The van der Waals surface area contributed by atoms with Crippen LogP contribution in [0.15, 0.2) is 243 Å². The van der Waals surface area contributed by atoms with Gasteiger partial charge in [0.05, 0.1) is 0 Å². The molecule has 14 rings (SSSR count). The van der Waals surface area contributed by atoms with E-state index in [1.54, 1.807) is 0 Å². The highest BCUT2D eigenvalue weighted by Crippen LogP contribution is 2.43. The summed E-state index contributed by atoms with van der Waals surface area (Å²) < 4.78 is 5.59. The minimum absolute atomic E-state index is 0.113. The molecule has 9 heteroatoms. The molecule has 0 aliphatic heterocycles. The van der Waals surface area contributed by atoms with E-state index in [4.69, 9.17) is 29.9 Å². The van der Waals surface area contributed by atoms with Gasteiger partial charge in [-0.1, -0.05) is 277 Å². The third kappa shape index (κ3) is 10.6. The summed E-state index contributed by atoms with van der Waals surface area (Å²) in [7, 11) is -3.88. The van der Waals surface area contributed by atoms with Gasteiger partial charge in [0.25, 0.3) is 0 Å². The van der Waals surface area contributed by atoms with Crippen LogP contribution >= 0.6 is 0 Å². The van der Waals surface area contributed by atoms with Crippen LogP contribution in [0.3, 0.4) is 0 Å². The maximum Gasteiger partial charge on any atom is 0.340 e. The quantitative estimate of drug-likeness (QED) is 0.127. The first kappa shape index (κ1) is 58.7. The first-order valence-corrected chi connectivity index (χ1v) is 33.7. The molecule has 8 nitrogen and oxygen atoms in total. The molecule has 4 heterocycles. The van der Waals surface area contributed by atoms with Crippen LogP contribution in [-0.2, 0) is 21.7 Å². The minimum atomic E-state index is -3.88. The van der Waals surface area contributed by atoms with E-state index < -0.39 is 8.40 Å². The predicted molar refractivity (Wildman–Crippen MR) is 382 cm³/mol. The zero-order valence-electron chi connectivity index (χ0n) is 54.2. The molecule has 0 spiro atoms. The van der Waals surface area contributed by atoms with E-state index in [1.807, 2.05) is 72.8 Å². The van der Waals surface area contributed by atoms with Crippen molar-refractivity contribution in [2.75, 3.05) is 0 Å². The molecule has 0 unspecified atom stereocenters. The van der Waals surface area contributed by atoms with Crippen LogP contribution in [-0.4, -0.2) is 46.8 Å². The van der Waals surface area contributed by atoms with Gasteiger partial charge in [0.2, 0.25) is 0 Å². The Kier molecular flexibility index (Phi) is 14.3. The number of fused-ring (bicyclic) bond motifs is 6. The number of hydrogen-bond acceptors (Lipinski definition) is 6. The summed E-state index contributed by atoms with van der Waals surface area (Å²) in [6.07, 6.45) is 0. The lowest BCUT2D eigenvalue weighted by Gasteiger charge is -2.38. The van der Waals surface area contributed by atoms with Crippen molar-refractivity contribution in [3.8, 4) is 68.3 Å². The van der Waals surface area contributed by atoms with Crippen molar-refractivity contribution in [1.29, 1.82) is 0 Å². The molecular weight excluding hydrogens is 1130 g/mol. The minimum Gasteiger partial charge on any atom is -0.342 e. The molecule has 0 aliphatic carbocycles. The fourth-order valence-electron chi connectivity index (χ4n) is 13.0. The Bertz CT molecular complexity index is 4470. The Morgan fingerprint density at radius 2 is 0.429 bits per heavy atom. The molecule has 0 saturated heterocycles. The van der Waals surface area contributed by atoms with Crippen molar-refractivity contribution in [3.63, 3.8) is 0 Å². The number of rotatable bonds is 10. The molecule has 4 aromatic heterocycles. The fraction of sp³-hybridized carbons (Fsp3) is 0.195. The molecule has 0 aliphatic rings. The van der Waals surface area contributed by atoms with Gasteiger partial charge >= 0.3 is 8.40 Å². The van der Waals surface area contributed by atoms with Gasteiger partial charge in [0.1, 0.15) is 0 Å². The van der Waals surface area contributed by atoms with E-state index in [9.17, 15) is 0 Å². The Labute approximate surface area is 535 Å². The van der Waals surface area contributed by atoms with Crippen molar-refractivity contribution >= 4 is 62.4 Å². The van der Waals surface area contributed by atoms with Crippen LogP contribution in [0.5, 0.6) is 0 Å². The predicted octanol–water partition coefficient (Wildman–Crippen LogP) is 19.1. The normalized spacial score (nSPS) is 12.6. The van der Waals surface area contributed by atoms with Crippen molar-refractivity contribution in [3.05, 3.63) is 265 Å². The fourth-order valence-corrected chi connectivity index (χ4v) is 18.0. The lowest BCUT2D eigenvalue weighted by Crippen LogP contribution is -2.69. The maximum absolute atomic E-state index is 5.28. The van der Waals surface area contributed by atoms with E-state index in [2.05, 4.69) is 261 Å². The first-order chi connectivity index (χ1) is 43.6. The van der Waals surface area contributed by atoms with Crippen LogP contribution in [0, 0.1) is 0 Å². The summed E-state index contributed by atoms with van der Waals surface area (Å²) in [6, 6.07) is 88.5. The number of aromatic nitrogens is 8. The van der Waals surface area contributed by atoms with E-state index in [-0.39, 0.29) is 21.7 Å². The van der Waals surface area contributed by atoms with Crippen molar-refractivity contribution in [2.45, 2.75) is 105 Å². The smallest absolute Gasteiger partial charge is 0.340 e. The standard InChI is InChI=1S/C82H76N8Si/c1-79(2,3)59-37-45-69-65(49-59)66-50-60(80(4,5)6)38-46-70(66)89(69)91(90-71-47-39-61(81(7,8)9)51-67(71)68-52-62(82(10,11)12)40-48-72(68)90,63-41-33-57(34-42-63)77-85-73(53-25-17-13-18-26-53)83-74(86-77)54-27-19-14-20-28-54)64-43-35-58(36-44-64)78-87-75(55-29-21-15-22-30-55)84-76(88-78)56-31-23-16-24-32-56/h13-52H,1-12H3. The SMILES string of the molecule is CC(C)(C)c1ccc2c(c1)c1cc(C(C)(C)C)ccc1n2[Si](c1ccc(-c2nc(-c3ccccc3)nc(-c3ccccc3)n2)cc1)(c1ccc(-c2nc(-c3ccccc3)nc(-c3ccccc3)n2)cc1)n1c2ccc(C(C)(C)C)cc2c2cc(C(C)(C)C)ccc21. The van der Waals surface area contributed by atoms with Crippen LogP contribution in [0.1, 0.15) is 105 Å². The van der Waals surface area contributed by atoms with Crippen molar-refractivity contribution in [2.24, 2.45) is 0 Å². The average Bonchev–Trinajstić information content (AvgIpc) is 1.59. The zero-order chi connectivity index (χ0) is 63.2. The monoisotopic (exact) mass is 1200 g/mol. The van der Waals surface area contributed by atoms with Crippen LogP contribution < -0.4 is 10.4 Å². The summed E-state index contributed by atoms with van der Waals surface area (Å²) in [6.45, 7) is 27.9. The molecular formula is C82H76N8Si. The van der Waals surface area contributed by atoms with Gasteiger partial charge < -0.3 is 8.47 Å². The lowest BCUT2D eigenvalue weighted by atomic mass is 9.85. The molecule has 91 heavy (non-hydrogen) atoms. The van der Waals surface area contributed by atoms with E-state index >= 15 is 0 Å². The summed E-state index contributed by atoms with van der Waals surface area (Å²) in [5.74, 6) is 3.66.